The van der Waals surface area contributed by atoms with E-state index in [4.69, 9.17) is 4.74 Å². The van der Waals surface area contributed by atoms with Gasteiger partial charge < -0.3 is 4.74 Å². The fourth-order valence-electron chi connectivity index (χ4n) is 2.03. The largest absolute Gasteiger partial charge is 0.463 e. The molecule has 0 saturated carbocycles. The smallest absolute Gasteiger partial charge is 0.330 e. The summed E-state index contributed by atoms with van der Waals surface area (Å²) in [6, 6.07) is 14.0. The lowest BCUT2D eigenvalue weighted by atomic mass is 9.99. The van der Waals surface area contributed by atoms with Crippen LogP contribution in [0.1, 0.15) is 12.5 Å². The molecule has 0 spiro atoms. The quantitative estimate of drug-likeness (QED) is 0.364. The highest BCUT2D eigenvalue weighted by Crippen LogP contribution is 2.28. The Morgan fingerprint density at radius 1 is 1.23 bits per heavy atom. The minimum Gasteiger partial charge on any atom is -0.463 e. The van der Waals surface area contributed by atoms with E-state index < -0.39 is 10.9 Å². The molecule has 5 heteroatoms. The highest BCUT2D eigenvalue weighted by Gasteiger charge is 2.10. The Hall–Kier alpha value is -2.95. The zero-order valence-corrected chi connectivity index (χ0v) is 12.1. The average Bonchev–Trinajstić information content (AvgIpc) is 2.53. The second-order valence-corrected chi connectivity index (χ2v) is 4.48. The molecule has 2 aromatic rings. The van der Waals surface area contributed by atoms with Crippen molar-refractivity contribution < 1.29 is 14.5 Å². The zero-order chi connectivity index (χ0) is 15.9. The van der Waals surface area contributed by atoms with E-state index in [1.807, 2.05) is 30.3 Å². The number of ether oxygens (including phenoxy) is 1. The minimum absolute atomic E-state index is 0.0248. The molecule has 0 saturated heterocycles. The van der Waals surface area contributed by atoms with Crippen LogP contribution in [0.2, 0.25) is 0 Å². The van der Waals surface area contributed by atoms with Crippen molar-refractivity contribution in [2.75, 3.05) is 6.61 Å². The zero-order valence-electron chi connectivity index (χ0n) is 12.1. The molecule has 0 fully saturated rings. The van der Waals surface area contributed by atoms with Crippen molar-refractivity contribution in [3.8, 4) is 11.1 Å². The molecule has 0 unspecified atom stereocenters. The number of rotatable bonds is 5. The van der Waals surface area contributed by atoms with Gasteiger partial charge in [0.2, 0.25) is 0 Å². The number of benzene rings is 2. The molecule has 0 aliphatic heterocycles. The van der Waals surface area contributed by atoms with E-state index >= 15 is 0 Å². The minimum atomic E-state index is -0.479. The van der Waals surface area contributed by atoms with Gasteiger partial charge in [-0.25, -0.2) is 4.79 Å². The van der Waals surface area contributed by atoms with Crippen LogP contribution in [-0.2, 0) is 9.53 Å². The first-order valence-corrected chi connectivity index (χ1v) is 6.80. The van der Waals surface area contributed by atoms with Crippen molar-refractivity contribution in [1.29, 1.82) is 0 Å². The average molecular weight is 297 g/mol. The van der Waals surface area contributed by atoms with E-state index in [2.05, 4.69) is 0 Å². The van der Waals surface area contributed by atoms with Crippen LogP contribution in [0, 0.1) is 10.1 Å². The number of nitrogens with zero attached hydrogens (tertiary/aromatic N) is 1. The van der Waals surface area contributed by atoms with E-state index in [1.54, 1.807) is 13.0 Å². The summed E-state index contributed by atoms with van der Waals surface area (Å²) in [4.78, 5) is 21.9. The number of carbonyl (C=O) groups excluding carboxylic acids is 1. The van der Waals surface area contributed by atoms with Crippen LogP contribution < -0.4 is 0 Å². The number of esters is 1. The lowest BCUT2D eigenvalue weighted by Crippen LogP contribution is -1.99. The lowest BCUT2D eigenvalue weighted by Gasteiger charge is -2.06. The van der Waals surface area contributed by atoms with E-state index in [-0.39, 0.29) is 12.3 Å². The third kappa shape index (κ3) is 3.79. The van der Waals surface area contributed by atoms with Crippen molar-refractivity contribution in [3.63, 3.8) is 0 Å². The summed E-state index contributed by atoms with van der Waals surface area (Å²) in [5.41, 5.74) is 2.30. The third-order valence-corrected chi connectivity index (χ3v) is 3.02. The van der Waals surface area contributed by atoms with Crippen LogP contribution in [0.3, 0.4) is 0 Å². The van der Waals surface area contributed by atoms with Crippen LogP contribution in [0.4, 0.5) is 5.69 Å². The number of hydrogen-bond donors (Lipinski definition) is 0. The predicted octanol–water partition coefficient (Wildman–Crippen LogP) is 3.84. The van der Waals surface area contributed by atoms with Gasteiger partial charge in [-0.15, -0.1) is 0 Å². The Bertz CT molecular complexity index is 708. The van der Waals surface area contributed by atoms with Crippen molar-refractivity contribution in [1.82, 2.24) is 0 Å². The van der Waals surface area contributed by atoms with Crippen molar-refractivity contribution in [3.05, 3.63) is 70.3 Å². The van der Waals surface area contributed by atoms with Gasteiger partial charge in [0.15, 0.2) is 0 Å². The summed E-state index contributed by atoms with van der Waals surface area (Å²) in [7, 11) is 0. The van der Waals surface area contributed by atoms with Crippen molar-refractivity contribution >= 4 is 17.7 Å². The van der Waals surface area contributed by atoms with Crippen molar-refractivity contribution in [2.45, 2.75) is 6.92 Å². The molecule has 0 N–H and O–H groups in total. The number of non-ortho nitro benzene ring substituents is 1. The van der Waals surface area contributed by atoms with Gasteiger partial charge in [-0.2, -0.15) is 0 Å². The molecule has 0 aliphatic rings. The molecule has 0 radical (unpaired) electrons. The second-order valence-electron chi connectivity index (χ2n) is 4.48. The van der Waals surface area contributed by atoms with Gasteiger partial charge in [0, 0.05) is 18.2 Å². The van der Waals surface area contributed by atoms with Gasteiger partial charge in [0.05, 0.1) is 11.5 Å². The molecule has 0 bridgehead atoms. The topological polar surface area (TPSA) is 69.4 Å². The summed E-state index contributed by atoms with van der Waals surface area (Å²) in [6.45, 7) is 2.00. The predicted molar refractivity (Wildman–Crippen MR) is 84.2 cm³/mol. The molecule has 2 aromatic carbocycles. The molecular weight excluding hydrogens is 282 g/mol. The van der Waals surface area contributed by atoms with Crippen LogP contribution in [0.5, 0.6) is 0 Å². The highest BCUT2D eigenvalue weighted by atomic mass is 16.6. The maximum atomic E-state index is 11.4. The SMILES string of the molecule is CCOC(=O)/C=C/c1cc([N+](=O)[O-])ccc1-c1ccccc1. The summed E-state index contributed by atoms with van der Waals surface area (Å²) >= 11 is 0. The summed E-state index contributed by atoms with van der Waals surface area (Å²) in [5, 5.41) is 10.9. The fraction of sp³-hybridized carbons (Fsp3) is 0.118. The maximum Gasteiger partial charge on any atom is 0.330 e. The van der Waals surface area contributed by atoms with Gasteiger partial charge in [0.25, 0.3) is 5.69 Å². The van der Waals surface area contributed by atoms with E-state index in [0.29, 0.717) is 5.56 Å². The number of nitro groups is 1. The first kappa shape index (κ1) is 15.4. The first-order valence-electron chi connectivity index (χ1n) is 6.80. The Balaban J connectivity index is 2.45. The standard InChI is InChI=1S/C17H15NO4/c1-2-22-17(19)11-8-14-12-15(18(20)21)9-10-16(14)13-6-4-3-5-7-13/h3-12H,2H2,1H3/b11-8+. The Morgan fingerprint density at radius 2 is 1.95 bits per heavy atom. The molecule has 5 nitrogen and oxygen atoms in total. The normalized spacial score (nSPS) is 10.6. The Morgan fingerprint density at radius 3 is 2.59 bits per heavy atom. The molecule has 0 atom stereocenters. The second kappa shape index (κ2) is 7.17. The van der Waals surface area contributed by atoms with E-state index in [0.717, 1.165) is 11.1 Å². The summed E-state index contributed by atoms with van der Waals surface area (Å²) < 4.78 is 4.83. The molecule has 0 aliphatic carbocycles. The van der Waals surface area contributed by atoms with Gasteiger partial charge >= 0.3 is 5.97 Å². The van der Waals surface area contributed by atoms with Crippen LogP contribution >= 0.6 is 0 Å². The van der Waals surface area contributed by atoms with Crippen LogP contribution in [0.25, 0.3) is 17.2 Å². The molecular formula is C17H15NO4. The van der Waals surface area contributed by atoms with Crippen molar-refractivity contribution in [2.24, 2.45) is 0 Å². The monoisotopic (exact) mass is 297 g/mol. The van der Waals surface area contributed by atoms with Gasteiger partial charge in [-0.3, -0.25) is 10.1 Å². The number of hydrogen-bond acceptors (Lipinski definition) is 4. The van der Waals surface area contributed by atoms with Crippen LogP contribution in [0.15, 0.2) is 54.6 Å². The summed E-state index contributed by atoms with van der Waals surface area (Å²) in [5.74, 6) is -0.479. The third-order valence-electron chi connectivity index (χ3n) is 3.02. The number of nitro benzene ring substituents is 1. The van der Waals surface area contributed by atoms with Gasteiger partial charge in [0.1, 0.15) is 0 Å². The Labute approximate surface area is 128 Å². The van der Waals surface area contributed by atoms with Gasteiger partial charge in [-0.05, 0) is 35.8 Å². The maximum absolute atomic E-state index is 11.4. The van der Waals surface area contributed by atoms with Gasteiger partial charge in [-0.1, -0.05) is 30.3 Å². The van der Waals surface area contributed by atoms with E-state index in [9.17, 15) is 14.9 Å². The van der Waals surface area contributed by atoms with Crippen LogP contribution in [-0.4, -0.2) is 17.5 Å². The molecule has 0 heterocycles. The number of carbonyl (C=O) groups is 1. The van der Waals surface area contributed by atoms with E-state index in [1.165, 1.54) is 24.3 Å². The molecule has 2 rings (SSSR count). The molecule has 112 valence electrons. The molecule has 0 aromatic heterocycles. The molecule has 22 heavy (non-hydrogen) atoms. The highest BCUT2D eigenvalue weighted by molar-refractivity contribution is 5.89. The fourth-order valence-corrected chi connectivity index (χ4v) is 2.03. The molecule has 0 amide bonds. The first-order chi connectivity index (χ1) is 10.6. The Kier molecular flexibility index (Phi) is 5.03. The lowest BCUT2D eigenvalue weighted by molar-refractivity contribution is -0.384. The summed E-state index contributed by atoms with van der Waals surface area (Å²) in [6.07, 6.45) is 2.81.